The smallest absolute Gasteiger partial charge is 0.290 e. The van der Waals surface area contributed by atoms with Crippen molar-refractivity contribution in [2.75, 3.05) is 0 Å². The van der Waals surface area contributed by atoms with Gasteiger partial charge in [0.05, 0.1) is 22.4 Å². The van der Waals surface area contributed by atoms with Gasteiger partial charge in [0, 0.05) is 18.0 Å². The molecule has 0 spiro atoms. The Hall–Kier alpha value is -3.26. The van der Waals surface area contributed by atoms with E-state index in [2.05, 4.69) is 20.3 Å². The predicted molar refractivity (Wildman–Crippen MR) is 116 cm³/mol. The maximum atomic E-state index is 12.7. The summed E-state index contributed by atoms with van der Waals surface area (Å²) < 4.78 is 0. The fraction of sp³-hybridized carbons (Fsp3) is 0.227. The number of imide groups is 1. The molecule has 0 aliphatic carbocycles. The van der Waals surface area contributed by atoms with E-state index in [1.807, 2.05) is 45.0 Å². The van der Waals surface area contributed by atoms with Crippen molar-refractivity contribution in [2.45, 2.75) is 27.2 Å². The first-order valence-electron chi connectivity index (χ1n) is 9.42. The van der Waals surface area contributed by atoms with Gasteiger partial charge in [-0.1, -0.05) is 45.0 Å². The zero-order valence-electron chi connectivity index (χ0n) is 16.8. The summed E-state index contributed by atoms with van der Waals surface area (Å²) in [5, 5.41) is 1.88. The number of aromatic amines is 1. The minimum absolute atomic E-state index is 0.0184. The Kier molecular flexibility index (Phi) is 5.03. The Morgan fingerprint density at radius 1 is 1.17 bits per heavy atom. The molecule has 30 heavy (non-hydrogen) atoms. The number of thioether (sulfide) groups is 1. The van der Waals surface area contributed by atoms with Crippen molar-refractivity contribution in [3.63, 3.8) is 0 Å². The number of hydrogen-bond acceptors (Lipinski definition) is 6. The second-order valence-corrected chi connectivity index (χ2v) is 9.13. The lowest BCUT2D eigenvalue weighted by molar-refractivity contribution is -0.115. The number of H-pyrrole nitrogens is 1. The second-order valence-electron chi connectivity index (χ2n) is 8.11. The number of carbonyl (C=O) groups is 3. The third-order valence-corrected chi connectivity index (χ3v) is 5.47. The molecule has 0 bridgehead atoms. The standard InChI is InChI=1S/C22H20N4O3S/c1-22(2,3)18(27)15-11-24-19-17(15)25-14(10-23-19)8-12-4-6-13(7-5-12)9-16-20(28)26-21(29)30-16/h4-7,9-11H,8H2,1-3H3,(H,23,24)(H,26,28,29). The van der Waals surface area contributed by atoms with Crippen molar-refractivity contribution in [3.05, 3.63) is 63.9 Å². The predicted octanol–water partition coefficient (Wildman–Crippen LogP) is 4.10. The summed E-state index contributed by atoms with van der Waals surface area (Å²) in [6.45, 7) is 5.64. The SMILES string of the molecule is CC(C)(C)C(=O)c1c[nH]c2ncc(Cc3ccc(C=C4SC(=O)NC4=O)cc3)nc12. The fourth-order valence-corrected chi connectivity index (χ4v) is 3.79. The molecule has 0 unspecified atom stereocenters. The van der Waals surface area contributed by atoms with Crippen LogP contribution >= 0.6 is 11.8 Å². The number of Topliss-reactive ketones (excluding diaryl/α,β-unsaturated/α-hetero) is 1. The number of fused-ring (bicyclic) bond motifs is 1. The van der Waals surface area contributed by atoms with Gasteiger partial charge in [0.15, 0.2) is 11.4 Å². The topological polar surface area (TPSA) is 105 Å². The van der Waals surface area contributed by atoms with Crippen molar-refractivity contribution in [1.82, 2.24) is 20.3 Å². The van der Waals surface area contributed by atoms with E-state index in [-0.39, 0.29) is 16.9 Å². The van der Waals surface area contributed by atoms with Crippen LogP contribution in [-0.2, 0) is 11.2 Å². The van der Waals surface area contributed by atoms with Crippen LogP contribution in [-0.4, -0.2) is 31.9 Å². The average molecular weight is 420 g/mol. The number of rotatable bonds is 4. The zero-order chi connectivity index (χ0) is 21.5. The highest BCUT2D eigenvalue weighted by atomic mass is 32.2. The van der Waals surface area contributed by atoms with E-state index in [0.29, 0.717) is 28.1 Å². The highest BCUT2D eigenvalue weighted by Crippen LogP contribution is 2.27. The van der Waals surface area contributed by atoms with Gasteiger partial charge in [-0.05, 0) is 29.0 Å². The molecule has 3 heterocycles. The summed E-state index contributed by atoms with van der Waals surface area (Å²) >= 11 is 0.895. The first kappa shape index (κ1) is 20.0. The van der Waals surface area contributed by atoms with Crippen molar-refractivity contribution >= 4 is 45.9 Å². The van der Waals surface area contributed by atoms with Crippen molar-refractivity contribution in [3.8, 4) is 0 Å². The first-order chi connectivity index (χ1) is 14.2. The first-order valence-corrected chi connectivity index (χ1v) is 10.2. The molecule has 0 atom stereocenters. The van der Waals surface area contributed by atoms with Gasteiger partial charge >= 0.3 is 0 Å². The molecule has 1 aliphatic heterocycles. The second kappa shape index (κ2) is 7.53. The van der Waals surface area contributed by atoms with Gasteiger partial charge in [-0.15, -0.1) is 0 Å². The molecular formula is C22H20N4O3S. The molecular weight excluding hydrogens is 400 g/mol. The van der Waals surface area contributed by atoms with Gasteiger partial charge in [-0.25, -0.2) is 9.97 Å². The molecule has 8 heteroatoms. The number of amides is 2. The number of carbonyl (C=O) groups excluding carboxylic acids is 3. The van der Waals surface area contributed by atoms with Crippen LogP contribution < -0.4 is 5.32 Å². The number of benzene rings is 1. The van der Waals surface area contributed by atoms with Crippen molar-refractivity contribution in [1.29, 1.82) is 0 Å². The van der Waals surface area contributed by atoms with Crippen LogP contribution in [0.15, 0.2) is 41.6 Å². The van der Waals surface area contributed by atoms with E-state index in [0.717, 1.165) is 28.6 Å². The van der Waals surface area contributed by atoms with Crippen LogP contribution in [0, 0.1) is 5.41 Å². The average Bonchev–Trinajstić information content (AvgIpc) is 3.24. The molecule has 3 aromatic rings. The van der Waals surface area contributed by atoms with Gasteiger partial charge in [0.1, 0.15) is 5.52 Å². The lowest BCUT2D eigenvalue weighted by Crippen LogP contribution is -2.20. The molecule has 7 nitrogen and oxygen atoms in total. The van der Waals surface area contributed by atoms with Gasteiger partial charge in [-0.2, -0.15) is 0 Å². The molecule has 1 aromatic carbocycles. The number of aromatic nitrogens is 3. The molecule has 0 saturated carbocycles. The van der Waals surface area contributed by atoms with E-state index in [1.165, 1.54) is 0 Å². The van der Waals surface area contributed by atoms with E-state index in [4.69, 9.17) is 0 Å². The van der Waals surface area contributed by atoms with Crippen LogP contribution in [0.4, 0.5) is 4.79 Å². The quantitative estimate of drug-likeness (QED) is 0.486. The summed E-state index contributed by atoms with van der Waals surface area (Å²) in [6.07, 6.45) is 5.62. The molecule has 1 fully saturated rings. The molecule has 2 aromatic heterocycles. The Morgan fingerprint density at radius 2 is 1.90 bits per heavy atom. The highest BCUT2D eigenvalue weighted by Gasteiger charge is 2.26. The third kappa shape index (κ3) is 4.04. The summed E-state index contributed by atoms with van der Waals surface area (Å²) in [5.74, 6) is -0.352. The summed E-state index contributed by atoms with van der Waals surface area (Å²) in [5.41, 5.74) is 3.83. The van der Waals surface area contributed by atoms with Crippen LogP contribution in [0.5, 0.6) is 0 Å². The summed E-state index contributed by atoms with van der Waals surface area (Å²) in [4.78, 5) is 48.1. The number of nitrogens with one attached hydrogen (secondary N) is 2. The lowest BCUT2D eigenvalue weighted by Gasteiger charge is -2.15. The monoisotopic (exact) mass is 420 g/mol. The minimum Gasteiger partial charge on any atom is -0.344 e. The van der Waals surface area contributed by atoms with E-state index in [9.17, 15) is 14.4 Å². The molecule has 0 radical (unpaired) electrons. The van der Waals surface area contributed by atoms with Gasteiger partial charge in [-0.3, -0.25) is 19.7 Å². The number of hydrogen-bond donors (Lipinski definition) is 2. The lowest BCUT2D eigenvalue weighted by atomic mass is 9.87. The van der Waals surface area contributed by atoms with E-state index < -0.39 is 5.41 Å². The Bertz CT molecular complexity index is 1200. The maximum Gasteiger partial charge on any atom is 0.290 e. The molecule has 2 amide bonds. The summed E-state index contributed by atoms with van der Waals surface area (Å²) in [7, 11) is 0. The van der Waals surface area contributed by atoms with Crippen LogP contribution in [0.3, 0.4) is 0 Å². The Morgan fingerprint density at radius 3 is 2.53 bits per heavy atom. The van der Waals surface area contributed by atoms with Crippen LogP contribution in [0.2, 0.25) is 0 Å². The molecule has 4 rings (SSSR count). The Labute approximate surface area is 177 Å². The Balaban J connectivity index is 1.56. The minimum atomic E-state index is -0.504. The van der Waals surface area contributed by atoms with Crippen molar-refractivity contribution < 1.29 is 14.4 Å². The molecule has 152 valence electrons. The number of ketones is 1. The summed E-state index contributed by atoms with van der Waals surface area (Å²) in [6, 6.07) is 7.65. The van der Waals surface area contributed by atoms with Gasteiger partial charge < -0.3 is 4.98 Å². The van der Waals surface area contributed by atoms with E-state index in [1.54, 1.807) is 18.5 Å². The van der Waals surface area contributed by atoms with E-state index >= 15 is 0 Å². The maximum absolute atomic E-state index is 12.7. The third-order valence-electron chi connectivity index (χ3n) is 4.66. The normalized spacial score (nSPS) is 15.8. The molecule has 2 N–H and O–H groups in total. The van der Waals surface area contributed by atoms with Gasteiger partial charge in [0.2, 0.25) is 0 Å². The van der Waals surface area contributed by atoms with Crippen molar-refractivity contribution in [2.24, 2.45) is 5.41 Å². The highest BCUT2D eigenvalue weighted by molar-refractivity contribution is 8.18. The van der Waals surface area contributed by atoms with Gasteiger partial charge in [0.25, 0.3) is 11.1 Å². The zero-order valence-corrected chi connectivity index (χ0v) is 17.6. The van der Waals surface area contributed by atoms with Crippen LogP contribution in [0.25, 0.3) is 17.2 Å². The van der Waals surface area contributed by atoms with Crippen LogP contribution in [0.1, 0.15) is 48.0 Å². The molecule has 1 aliphatic rings. The fourth-order valence-electron chi connectivity index (χ4n) is 3.10. The largest absolute Gasteiger partial charge is 0.344 e. The number of nitrogens with zero attached hydrogens (tertiary/aromatic N) is 2. The molecule has 1 saturated heterocycles.